The van der Waals surface area contributed by atoms with E-state index < -0.39 is 0 Å². The summed E-state index contributed by atoms with van der Waals surface area (Å²) in [6.45, 7) is 5.92. The number of allylic oxidation sites excluding steroid dienone is 1. The fourth-order valence-corrected chi connectivity index (χ4v) is 0.957. The smallest absolute Gasteiger partial charge is 0.000452 e. The molecule has 0 aliphatic carbocycles. The summed E-state index contributed by atoms with van der Waals surface area (Å²) < 4.78 is 1.27. The molecule has 0 nitrogen and oxygen atoms in total. The summed E-state index contributed by atoms with van der Waals surface area (Å²) in [6, 6.07) is 0. The van der Waals surface area contributed by atoms with Crippen molar-refractivity contribution in [1.29, 1.82) is 0 Å². The molecule has 0 aliphatic rings. The molecule has 0 aromatic rings. The summed E-state index contributed by atoms with van der Waals surface area (Å²) in [5.74, 6) is 0.713. The van der Waals surface area contributed by atoms with Crippen LogP contribution in [0.5, 0.6) is 0 Å². The quantitative estimate of drug-likeness (QED) is 0.391. The summed E-state index contributed by atoms with van der Waals surface area (Å²) in [6.07, 6.45) is 4.65. The van der Waals surface area contributed by atoms with Crippen LogP contribution in [0.1, 0.15) is 19.8 Å². The molecule has 1 unspecified atom stereocenters. The van der Waals surface area contributed by atoms with Gasteiger partial charge in [-0.15, -0.1) is 6.58 Å². The summed E-state index contributed by atoms with van der Waals surface area (Å²) >= 11 is 2.40. The molecule has 48 valence electrons. The first-order valence-electron chi connectivity index (χ1n) is 2.99. The van der Waals surface area contributed by atoms with Gasteiger partial charge < -0.3 is 0 Å². The van der Waals surface area contributed by atoms with E-state index in [1.165, 1.54) is 17.3 Å². The molecular formula is C7H13I. The molecule has 0 amide bonds. The van der Waals surface area contributed by atoms with Gasteiger partial charge in [0.15, 0.2) is 0 Å². The van der Waals surface area contributed by atoms with Gasteiger partial charge in [-0.2, -0.15) is 0 Å². The van der Waals surface area contributed by atoms with Crippen molar-refractivity contribution in [2.24, 2.45) is 5.92 Å². The van der Waals surface area contributed by atoms with Gasteiger partial charge in [-0.1, -0.05) is 35.6 Å². The lowest BCUT2D eigenvalue weighted by Gasteiger charge is -2.00. The van der Waals surface area contributed by atoms with Crippen LogP contribution in [-0.2, 0) is 0 Å². The van der Waals surface area contributed by atoms with E-state index in [2.05, 4.69) is 36.1 Å². The standard InChI is InChI=1S/C7H13I/c1-3-7(2)5-4-6-8/h3,7H,1,4-6H2,2H3. The monoisotopic (exact) mass is 224 g/mol. The maximum Gasteiger partial charge on any atom is -0.000452 e. The first kappa shape index (κ1) is 8.47. The minimum absolute atomic E-state index is 0.713. The number of hydrogen-bond acceptors (Lipinski definition) is 0. The topological polar surface area (TPSA) is 0 Å². The van der Waals surface area contributed by atoms with Crippen LogP contribution in [0.3, 0.4) is 0 Å². The van der Waals surface area contributed by atoms with Crippen LogP contribution in [0.25, 0.3) is 0 Å². The van der Waals surface area contributed by atoms with Gasteiger partial charge in [0.1, 0.15) is 0 Å². The Bertz CT molecular complexity index is 59.4. The Hall–Kier alpha value is 0.470. The van der Waals surface area contributed by atoms with Gasteiger partial charge in [0.05, 0.1) is 0 Å². The van der Waals surface area contributed by atoms with Gasteiger partial charge in [-0.25, -0.2) is 0 Å². The van der Waals surface area contributed by atoms with Crippen LogP contribution >= 0.6 is 22.6 Å². The van der Waals surface area contributed by atoms with Gasteiger partial charge in [0.2, 0.25) is 0 Å². The molecular weight excluding hydrogens is 211 g/mol. The summed E-state index contributed by atoms with van der Waals surface area (Å²) in [4.78, 5) is 0. The highest BCUT2D eigenvalue weighted by atomic mass is 127. The van der Waals surface area contributed by atoms with Crippen molar-refractivity contribution in [2.75, 3.05) is 4.43 Å². The predicted octanol–water partition coefficient (Wildman–Crippen LogP) is 3.02. The van der Waals surface area contributed by atoms with Gasteiger partial charge >= 0.3 is 0 Å². The Kier molecular flexibility index (Phi) is 5.93. The van der Waals surface area contributed by atoms with E-state index in [0.717, 1.165) is 0 Å². The van der Waals surface area contributed by atoms with E-state index in [0.29, 0.717) is 5.92 Å². The van der Waals surface area contributed by atoms with Crippen LogP contribution < -0.4 is 0 Å². The van der Waals surface area contributed by atoms with Crippen molar-refractivity contribution in [3.8, 4) is 0 Å². The number of hydrogen-bond donors (Lipinski definition) is 0. The van der Waals surface area contributed by atoms with Crippen LogP contribution in [0.2, 0.25) is 0 Å². The molecule has 0 heterocycles. The highest BCUT2D eigenvalue weighted by Crippen LogP contribution is 2.06. The molecule has 1 atom stereocenters. The van der Waals surface area contributed by atoms with Crippen LogP contribution in [0.15, 0.2) is 12.7 Å². The van der Waals surface area contributed by atoms with Crippen molar-refractivity contribution < 1.29 is 0 Å². The number of alkyl halides is 1. The predicted molar refractivity (Wildman–Crippen MR) is 47.5 cm³/mol. The number of halogens is 1. The summed E-state index contributed by atoms with van der Waals surface area (Å²) in [7, 11) is 0. The fourth-order valence-electron chi connectivity index (χ4n) is 0.517. The lowest BCUT2D eigenvalue weighted by atomic mass is 10.1. The molecule has 0 saturated carbocycles. The molecule has 8 heavy (non-hydrogen) atoms. The molecule has 1 heteroatoms. The van der Waals surface area contributed by atoms with Crippen LogP contribution in [-0.4, -0.2) is 4.43 Å². The largest absolute Gasteiger partial charge is 0.103 e. The molecule has 0 saturated heterocycles. The van der Waals surface area contributed by atoms with Crippen molar-refractivity contribution in [1.82, 2.24) is 0 Å². The Morgan fingerprint density at radius 3 is 2.75 bits per heavy atom. The minimum atomic E-state index is 0.713. The third-order valence-electron chi connectivity index (χ3n) is 1.20. The zero-order valence-electron chi connectivity index (χ0n) is 5.36. The Morgan fingerprint density at radius 1 is 1.75 bits per heavy atom. The van der Waals surface area contributed by atoms with E-state index in [4.69, 9.17) is 0 Å². The lowest BCUT2D eigenvalue weighted by molar-refractivity contribution is 0.642. The van der Waals surface area contributed by atoms with Crippen LogP contribution in [0.4, 0.5) is 0 Å². The number of rotatable bonds is 4. The molecule has 0 radical (unpaired) electrons. The third-order valence-corrected chi connectivity index (χ3v) is 1.96. The van der Waals surface area contributed by atoms with Crippen molar-refractivity contribution >= 4 is 22.6 Å². The van der Waals surface area contributed by atoms with Crippen molar-refractivity contribution in [3.05, 3.63) is 12.7 Å². The summed E-state index contributed by atoms with van der Waals surface area (Å²) in [5, 5.41) is 0. The Labute approximate surface area is 65.5 Å². The van der Waals surface area contributed by atoms with E-state index in [1.54, 1.807) is 0 Å². The highest BCUT2D eigenvalue weighted by Gasteiger charge is 1.92. The average Bonchev–Trinajstić information content (AvgIpc) is 1.83. The molecule has 0 aliphatic heterocycles. The Morgan fingerprint density at radius 2 is 2.38 bits per heavy atom. The molecule has 0 fully saturated rings. The lowest BCUT2D eigenvalue weighted by Crippen LogP contribution is -1.87. The summed E-state index contributed by atoms with van der Waals surface area (Å²) in [5.41, 5.74) is 0. The molecule has 0 rings (SSSR count). The fraction of sp³-hybridized carbons (Fsp3) is 0.714. The second kappa shape index (κ2) is 5.60. The second-order valence-corrected chi connectivity index (χ2v) is 3.12. The van der Waals surface area contributed by atoms with E-state index in [-0.39, 0.29) is 0 Å². The van der Waals surface area contributed by atoms with Gasteiger partial charge in [-0.3, -0.25) is 0 Å². The van der Waals surface area contributed by atoms with Gasteiger partial charge in [0.25, 0.3) is 0 Å². The first-order valence-corrected chi connectivity index (χ1v) is 4.52. The SMILES string of the molecule is C=CC(C)CCCI. The normalized spacial score (nSPS) is 13.2. The molecule has 0 N–H and O–H groups in total. The van der Waals surface area contributed by atoms with E-state index in [9.17, 15) is 0 Å². The van der Waals surface area contributed by atoms with Crippen molar-refractivity contribution in [2.45, 2.75) is 19.8 Å². The Balaban J connectivity index is 2.98. The third kappa shape index (κ3) is 4.62. The first-order chi connectivity index (χ1) is 3.81. The molecule has 0 bridgehead atoms. The second-order valence-electron chi connectivity index (χ2n) is 2.04. The maximum absolute atomic E-state index is 3.71. The van der Waals surface area contributed by atoms with Gasteiger partial charge in [0, 0.05) is 0 Å². The van der Waals surface area contributed by atoms with Crippen LogP contribution in [0, 0.1) is 5.92 Å². The zero-order valence-corrected chi connectivity index (χ0v) is 7.52. The average molecular weight is 224 g/mol. The van der Waals surface area contributed by atoms with Crippen molar-refractivity contribution in [3.63, 3.8) is 0 Å². The molecule has 0 aromatic carbocycles. The molecule has 0 aromatic heterocycles. The van der Waals surface area contributed by atoms with E-state index in [1.807, 2.05) is 6.08 Å². The highest BCUT2D eigenvalue weighted by molar-refractivity contribution is 14.1. The maximum atomic E-state index is 3.71. The minimum Gasteiger partial charge on any atom is -0.103 e. The van der Waals surface area contributed by atoms with E-state index >= 15 is 0 Å². The molecule has 0 spiro atoms. The van der Waals surface area contributed by atoms with Gasteiger partial charge in [-0.05, 0) is 23.2 Å². The zero-order chi connectivity index (χ0) is 6.41.